The molecular weight excluding hydrogens is 347 g/mol. The zero-order chi connectivity index (χ0) is 18.1. The van der Waals surface area contributed by atoms with Gasteiger partial charge in [-0.05, 0) is 31.5 Å². The van der Waals surface area contributed by atoms with Crippen molar-refractivity contribution in [3.8, 4) is 0 Å². The second-order valence-electron chi connectivity index (χ2n) is 5.56. The SMILES string of the molecule is CCNC(=O)[C@@H]1C[C@@H](N)CN1C(=O)c1cc(C(F)(F)F)ccc1Cl. The molecule has 0 bridgehead atoms. The van der Waals surface area contributed by atoms with Gasteiger partial charge in [0.05, 0.1) is 16.1 Å². The van der Waals surface area contributed by atoms with Crippen molar-refractivity contribution < 1.29 is 22.8 Å². The molecule has 0 spiro atoms. The molecule has 0 unspecified atom stereocenters. The monoisotopic (exact) mass is 363 g/mol. The Balaban J connectivity index is 2.34. The Bertz CT molecular complexity index is 651. The topological polar surface area (TPSA) is 75.4 Å². The summed E-state index contributed by atoms with van der Waals surface area (Å²) in [6.45, 7) is 2.17. The lowest BCUT2D eigenvalue weighted by Gasteiger charge is -2.24. The summed E-state index contributed by atoms with van der Waals surface area (Å²) in [6, 6.07) is 1.28. The number of likely N-dealkylation sites (N-methyl/N-ethyl adjacent to an activating group) is 1. The van der Waals surface area contributed by atoms with Crippen LogP contribution in [0.5, 0.6) is 0 Å². The molecule has 3 N–H and O–H groups in total. The van der Waals surface area contributed by atoms with E-state index in [4.69, 9.17) is 17.3 Å². The Kier molecular flexibility index (Phi) is 5.39. The quantitative estimate of drug-likeness (QED) is 0.863. The van der Waals surface area contributed by atoms with Crippen molar-refractivity contribution >= 4 is 23.4 Å². The molecule has 1 aromatic carbocycles. The predicted octanol–water partition coefficient (Wildman–Crippen LogP) is 2.04. The Hall–Kier alpha value is -1.80. The lowest BCUT2D eigenvalue weighted by molar-refractivity contribution is -0.137. The van der Waals surface area contributed by atoms with Crippen molar-refractivity contribution in [2.24, 2.45) is 5.73 Å². The molecule has 5 nitrogen and oxygen atoms in total. The van der Waals surface area contributed by atoms with E-state index in [2.05, 4.69) is 5.32 Å². The fourth-order valence-corrected chi connectivity index (χ4v) is 2.85. The summed E-state index contributed by atoms with van der Waals surface area (Å²) >= 11 is 5.90. The van der Waals surface area contributed by atoms with Gasteiger partial charge in [0, 0.05) is 19.1 Å². The summed E-state index contributed by atoms with van der Waals surface area (Å²) in [6.07, 6.45) is -4.35. The van der Waals surface area contributed by atoms with E-state index in [1.54, 1.807) is 6.92 Å². The molecule has 1 saturated heterocycles. The zero-order valence-electron chi connectivity index (χ0n) is 12.9. The predicted molar refractivity (Wildman–Crippen MR) is 82.6 cm³/mol. The van der Waals surface area contributed by atoms with Crippen molar-refractivity contribution in [1.29, 1.82) is 0 Å². The number of amides is 2. The Morgan fingerprint density at radius 2 is 2.08 bits per heavy atom. The smallest absolute Gasteiger partial charge is 0.355 e. The number of carbonyl (C=O) groups excluding carboxylic acids is 2. The highest BCUT2D eigenvalue weighted by molar-refractivity contribution is 6.33. The third-order valence-electron chi connectivity index (χ3n) is 3.77. The van der Waals surface area contributed by atoms with E-state index >= 15 is 0 Å². The van der Waals surface area contributed by atoms with Crippen LogP contribution in [0.4, 0.5) is 13.2 Å². The lowest BCUT2D eigenvalue weighted by atomic mass is 10.1. The first-order valence-electron chi connectivity index (χ1n) is 7.36. The van der Waals surface area contributed by atoms with Gasteiger partial charge in [0.2, 0.25) is 5.91 Å². The number of benzene rings is 1. The van der Waals surface area contributed by atoms with Gasteiger partial charge < -0.3 is 16.0 Å². The van der Waals surface area contributed by atoms with E-state index in [1.165, 1.54) is 4.90 Å². The van der Waals surface area contributed by atoms with E-state index < -0.39 is 29.7 Å². The molecule has 1 aliphatic heterocycles. The van der Waals surface area contributed by atoms with E-state index in [9.17, 15) is 22.8 Å². The van der Waals surface area contributed by atoms with Gasteiger partial charge >= 0.3 is 6.18 Å². The molecule has 2 amide bonds. The van der Waals surface area contributed by atoms with E-state index in [0.717, 1.165) is 12.1 Å². The van der Waals surface area contributed by atoms with Crippen molar-refractivity contribution in [3.63, 3.8) is 0 Å². The van der Waals surface area contributed by atoms with Gasteiger partial charge in [-0.25, -0.2) is 0 Å². The molecule has 1 aromatic rings. The molecule has 24 heavy (non-hydrogen) atoms. The van der Waals surface area contributed by atoms with Gasteiger partial charge in [-0.1, -0.05) is 11.6 Å². The summed E-state index contributed by atoms with van der Waals surface area (Å²) in [5, 5.41) is 2.49. The summed E-state index contributed by atoms with van der Waals surface area (Å²) in [5.74, 6) is -1.13. The molecule has 2 rings (SSSR count). The third-order valence-corrected chi connectivity index (χ3v) is 4.10. The highest BCUT2D eigenvalue weighted by Crippen LogP contribution is 2.33. The first kappa shape index (κ1) is 18.5. The minimum atomic E-state index is -4.60. The molecule has 0 saturated carbocycles. The van der Waals surface area contributed by atoms with Crippen LogP contribution in [-0.2, 0) is 11.0 Å². The first-order valence-corrected chi connectivity index (χ1v) is 7.74. The number of hydrogen-bond acceptors (Lipinski definition) is 3. The van der Waals surface area contributed by atoms with Gasteiger partial charge in [0.15, 0.2) is 0 Å². The van der Waals surface area contributed by atoms with Crippen LogP contribution in [0.1, 0.15) is 29.3 Å². The van der Waals surface area contributed by atoms with Crippen molar-refractivity contribution in [2.45, 2.75) is 31.6 Å². The van der Waals surface area contributed by atoms with Crippen LogP contribution in [0.2, 0.25) is 5.02 Å². The minimum absolute atomic E-state index is 0.0766. The molecule has 2 atom stereocenters. The van der Waals surface area contributed by atoms with E-state index in [1.807, 2.05) is 0 Å². The van der Waals surface area contributed by atoms with Crippen LogP contribution >= 0.6 is 11.6 Å². The Labute approximate surface area is 141 Å². The fraction of sp³-hybridized carbons (Fsp3) is 0.467. The number of likely N-dealkylation sites (tertiary alicyclic amines) is 1. The Morgan fingerprint density at radius 3 is 2.67 bits per heavy atom. The summed E-state index contributed by atoms with van der Waals surface area (Å²) in [7, 11) is 0. The maximum atomic E-state index is 12.9. The summed E-state index contributed by atoms with van der Waals surface area (Å²) in [4.78, 5) is 25.9. The molecule has 1 heterocycles. The van der Waals surface area contributed by atoms with Crippen LogP contribution in [0, 0.1) is 0 Å². The van der Waals surface area contributed by atoms with Gasteiger partial charge in [0.1, 0.15) is 6.04 Å². The number of nitrogens with one attached hydrogen (secondary N) is 1. The number of halogens is 4. The van der Waals surface area contributed by atoms with Crippen LogP contribution in [0.3, 0.4) is 0 Å². The third kappa shape index (κ3) is 3.81. The molecule has 1 aliphatic rings. The van der Waals surface area contributed by atoms with Crippen molar-refractivity contribution in [1.82, 2.24) is 10.2 Å². The number of rotatable bonds is 3. The second-order valence-corrected chi connectivity index (χ2v) is 5.96. The van der Waals surface area contributed by atoms with Gasteiger partial charge in [0.25, 0.3) is 5.91 Å². The number of hydrogen-bond donors (Lipinski definition) is 2. The minimum Gasteiger partial charge on any atom is -0.355 e. The highest BCUT2D eigenvalue weighted by Gasteiger charge is 2.39. The van der Waals surface area contributed by atoms with Crippen LogP contribution in [-0.4, -0.2) is 41.9 Å². The Morgan fingerprint density at radius 1 is 1.42 bits per heavy atom. The molecule has 1 fully saturated rings. The van der Waals surface area contributed by atoms with Gasteiger partial charge in [-0.15, -0.1) is 0 Å². The lowest BCUT2D eigenvalue weighted by Crippen LogP contribution is -2.46. The van der Waals surface area contributed by atoms with Gasteiger partial charge in [-0.3, -0.25) is 9.59 Å². The average molecular weight is 364 g/mol. The molecular formula is C15H17ClF3N3O2. The fourth-order valence-electron chi connectivity index (χ4n) is 2.65. The normalized spacial score (nSPS) is 21.0. The van der Waals surface area contributed by atoms with E-state index in [0.29, 0.717) is 12.6 Å². The number of alkyl halides is 3. The van der Waals surface area contributed by atoms with Crippen LogP contribution in [0.15, 0.2) is 18.2 Å². The molecule has 0 aliphatic carbocycles. The number of carbonyl (C=O) groups is 2. The summed E-state index contributed by atoms with van der Waals surface area (Å²) in [5.41, 5.74) is 4.54. The van der Waals surface area contributed by atoms with Crippen LogP contribution < -0.4 is 11.1 Å². The van der Waals surface area contributed by atoms with Crippen molar-refractivity contribution in [3.05, 3.63) is 34.3 Å². The molecule has 0 aromatic heterocycles. The maximum Gasteiger partial charge on any atom is 0.416 e. The maximum absolute atomic E-state index is 12.9. The summed E-state index contributed by atoms with van der Waals surface area (Å²) < 4.78 is 38.6. The average Bonchev–Trinajstić information content (AvgIpc) is 2.88. The van der Waals surface area contributed by atoms with Crippen molar-refractivity contribution in [2.75, 3.05) is 13.1 Å². The molecule has 0 radical (unpaired) electrons. The van der Waals surface area contributed by atoms with E-state index in [-0.39, 0.29) is 29.5 Å². The standard InChI is InChI=1S/C15H17ClF3N3O2/c1-2-21-13(23)12-6-9(20)7-22(12)14(24)10-5-8(15(17,18)19)3-4-11(10)16/h3-5,9,12H,2,6-7,20H2,1H3,(H,21,23)/t9-,12+/m1/s1. The first-order chi connectivity index (χ1) is 11.1. The second kappa shape index (κ2) is 6.98. The number of nitrogens with zero attached hydrogens (tertiary/aromatic N) is 1. The largest absolute Gasteiger partial charge is 0.416 e. The highest BCUT2D eigenvalue weighted by atomic mass is 35.5. The van der Waals surface area contributed by atoms with Crippen LogP contribution in [0.25, 0.3) is 0 Å². The number of nitrogens with two attached hydrogens (primary N) is 1. The molecule has 9 heteroatoms. The van der Waals surface area contributed by atoms with Gasteiger partial charge in [-0.2, -0.15) is 13.2 Å². The molecule has 132 valence electrons. The zero-order valence-corrected chi connectivity index (χ0v) is 13.6.